The van der Waals surface area contributed by atoms with Gasteiger partial charge in [-0.3, -0.25) is 34.8 Å². The Balaban J connectivity index is 1.41. The fraction of sp³-hybridized carbons (Fsp3) is 0.250. The van der Waals surface area contributed by atoms with Crippen LogP contribution in [-0.4, -0.2) is 26.3 Å². The van der Waals surface area contributed by atoms with Crippen molar-refractivity contribution in [3.8, 4) is 0 Å². The van der Waals surface area contributed by atoms with Crippen LogP contribution in [0.1, 0.15) is 36.2 Å². The predicted octanol–water partition coefficient (Wildman–Crippen LogP) is 2.48. The van der Waals surface area contributed by atoms with Crippen LogP contribution in [0.3, 0.4) is 0 Å². The maximum Gasteiger partial charge on any atom is 0.288 e. The second kappa shape index (κ2) is 9.74. The fourth-order valence-electron chi connectivity index (χ4n) is 2.88. The Bertz CT molecular complexity index is 1120. The molecule has 3 N–H and O–H groups in total. The van der Waals surface area contributed by atoms with Gasteiger partial charge in [-0.15, -0.1) is 0 Å². The molecule has 0 aliphatic rings. The summed E-state index contributed by atoms with van der Waals surface area (Å²) in [4.78, 5) is 43.2. The molecular formula is C20H21N5O3S. The summed E-state index contributed by atoms with van der Waals surface area (Å²) in [7, 11) is 0. The molecule has 29 heavy (non-hydrogen) atoms. The van der Waals surface area contributed by atoms with Crippen LogP contribution in [0.25, 0.3) is 10.9 Å². The summed E-state index contributed by atoms with van der Waals surface area (Å²) in [5, 5.41) is 0.601. The van der Waals surface area contributed by atoms with E-state index >= 15 is 0 Å². The average molecular weight is 411 g/mol. The van der Waals surface area contributed by atoms with Crippen LogP contribution in [0, 0.1) is 4.77 Å². The number of hydrogen-bond donors (Lipinski definition) is 3. The van der Waals surface area contributed by atoms with E-state index in [-0.39, 0.29) is 23.6 Å². The van der Waals surface area contributed by atoms with Gasteiger partial charge in [-0.2, -0.15) is 0 Å². The highest BCUT2D eigenvalue weighted by Crippen LogP contribution is 2.07. The number of aromatic amines is 1. The number of hydrazine groups is 1. The monoisotopic (exact) mass is 411 g/mol. The molecular weight excluding hydrogens is 390 g/mol. The summed E-state index contributed by atoms with van der Waals surface area (Å²) in [6, 6.07) is 12.2. The quantitative estimate of drug-likeness (QED) is 0.314. The molecule has 150 valence electrons. The number of benzene rings is 1. The van der Waals surface area contributed by atoms with Crippen molar-refractivity contribution in [2.45, 2.75) is 32.2 Å². The third-order valence-corrected chi connectivity index (χ3v) is 4.71. The van der Waals surface area contributed by atoms with Crippen LogP contribution in [0.15, 0.2) is 53.5 Å². The maximum absolute atomic E-state index is 12.6. The molecule has 0 unspecified atom stereocenters. The zero-order valence-electron chi connectivity index (χ0n) is 15.7. The number of carbonyl (C=O) groups is 2. The van der Waals surface area contributed by atoms with Crippen LogP contribution in [-0.2, 0) is 11.3 Å². The number of hydrogen-bond acceptors (Lipinski definition) is 5. The Morgan fingerprint density at radius 3 is 2.62 bits per heavy atom. The molecule has 0 radical (unpaired) electrons. The maximum atomic E-state index is 12.6. The minimum atomic E-state index is -0.469. The Labute approximate surface area is 172 Å². The summed E-state index contributed by atoms with van der Waals surface area (Å²) in [5.41, 5.74) is 5.55. The van der Waals surface area contributed by atoms with Gasteiger partial charge in [0.25, 0.3) is 11.5 Å². The zero-order chi connectivity index (χ0) is 20.6. The number of aromatic nitrogens is 3. The Hall–Kier alpha value is -3.33. The van der Waals surface area contributed by atoms with Crippen LogP contribution in [0.2, 0.25) is 0 Å². The van der Waals surface area contributed by atoms with Crippen molar-refractivity contribution in [3.05, 3.63) is 69.5 Å². The number of amides is 2. The van der Waals surface area contributed by atoms with Crippen molar-refractivity contribution >= 4 is 34.9 Å². The molecule has 3 aromatic rings. The van der Waals surface area contributed by atoms with Crippen molar-refractivity contribution in [2.24, 2.45) is 0 Å². The third kappa shape index (κ3) is 5.35. The topological polar surface area (TPSA) is 109 Å². The van der Waals surface area contributed by atoms with E-state index in [1.54, 1.807) is 28.8 Å². The number of fused-ring (bicyclic) bond motifs is 1. The van der Waals surface area contributed by atoms with Crippen LogP contribution < -0.4 is 16.4 Å². The van der Waals surface area contributed by atoms with Gasteiger partial charge in [0.05, 0.1) is 10.9 Å². The number of unbranched alkanes of at least 4 members (excludes halogenated alkanes) is 2. The van der Waals surface area contributed by atoms with E-state index in [1.807, 2.05) is 18.2 Å². The normalized spacial score (nSPS) is 10.6. The Morgan fingerprint density at radius 1 is 1.03 bits per heavy atom. The second-order valence-corrected chi connectivity index (χ2v) is 6.85. The standard InChI is InChI=1S/C20H21N5O3S/c26-17(23-24-18(27)16-10-5-6-12-21-16)11-2-1-7-13-25-19(28)14-8-3-4-9-15(14)22-20(25)29/h3-6,8-10,12H,1-2,7,11,13H2,(H,22,29)(H,23,26)(H,24,27). The smallest absolute Gasteiger partial charge is 0.288 e. The molecule has 8 nitrogen and oxygen atoms in total. The van der Waals surface area contributed by atoms with Gasteiger partial charge in [-0.1, -0.05) is 24.6 Å². The molecule has 0 bridgehead atoms. The van der Waals surface area contributed by atoms with Gasteiger partial charge in [-0.25, -0.2) is 0 Å². The molecule has 2 heterocycles. The number of nitrogens with one attached hydrogen (secondary N) is 3. The molecule has 0 aliphatic carbocycles. The first-order valence-corrected chi connectivity index (χ1v) is 9.69. The number of nitrogens with zero attached hydrogens (tertiary/aromatic N) is 2. The lowest BCUT2D eigenvalue weighted by Gasteiger charge is -2.09. The van der Waals surface area contributed by atoms with E-state index in [0.29, 0.717) is 29.5 Å². The summed E-state index contributed by atoms with van der Waals surface area (Å²) in [5.74, 6) is -0.752. The van der Waals surface area contributed by atoms with Gasteiger partial charge in [0.1, 0.15) is 5.69 Å². The number of rotatable bonds is 7. The van der Waals surface area contributed by atoms with Gasteiger partial charge in [0.15, 0.2) is 4.77 Å². The van der Waals surface area contributed by atoms with Crippen molar-refractivity contribution < 1.29 is 9.59 Å². The molecule has 9 heteroatoms. The first-order valence-electron chi connectivity index (χ1n) is 9.28. The van der Waals surface area contributed by atoms with E-state index in [9.17, 15) is 14.4 Å². The minimum absolute atomic E-state index is 0.112. The molecule has 0 fully saturated rings. The van der Waals surface area contributed by atoms with Gasteiger partial charge < -0.3 is 4.98 Å². The number of carbonyl (C=O) groups excluding carboxylic acids is 2. The van der Waals surface area contributed by atoms with E-state index in [2.05, 4.69) is 20.8 Å². The van der Waals surface area contributed by atoms with E-state index in [4.69, 9.17) is 12.2 Å². The minimum Gasteiger partial charge on any atom is -0.332 e. The van der Waals surface area contributed by atoms with Gasteiger partial charge >= 0.3 is 0 Å². The van der Waals surface area contributed by atoms with Crippen molar-refractivity contribution in [1.82, 2.24) is 25.4 Å². The molecule has 2 amide bonds. The van der Waals surface area contributed by atoms with Gasteiger partial charge in [-0.05, 0) is 49.3 Å². The summed E-state index contributed by atoms with van der Waals surface area (Å²) in [6.45, 7) is 0.483. The lowest BCUT2D eigenvalue weighted by atomic mass is 10.2. The second-order valence-electron chi connectivity index (χ2n) is 6.46. The SMILES string of the molecule is O=C(CCCCCn1c(=S)[nH]c2ccccc2c1=O)NNC(=O)c1ccccn1. The molecule has 3 rings (SSSR count). The molecule has 0 atom stereocenters. The predicted molar refractivity (Wildman–Crippen MR) is 112 cm³/mol. The summed E-state index contributed by atoms with van der Waals surface area (Å²) < 4.78 is 1.94. The first kappa shape index (κ1) is 20.4. The Kier molecular flexibility index (Phi) is 6.85. The molecule has 0 spiro atoms. The third-order valence-electron chi connectivity index (χ3n) is 4.39. The lowest BCUT2D eigenvalue weighted by molar-refractivity contribution is -0.122. The highest BCUT2D eigenvalue weighted by molar-refractivity contribution is 7.71. The highest BCUT2D eigenvalue weighted by Gasteiger charge is 2.08. The summed E-state index contributed by atoms with van der Waals surface area (Å²) >= 11 is 5.28. The lowest BCUT2D eigenvalue weighted by Crippen LogP contribution is -2.41. The van der Waals surface area contributed by atoms with E-state index < -0.39 is 5.91 Å². The van der Waals surface area contributed by atoms with Crippen LogP contribution >= 0.6 is 12.2 Å². The number of H-pyrrole nitrogens is 1. The Morgan fingerprint density at radius 2 is 1.83 bits per heavy atom. The molecule has 0 saturated carbocycles. The number of para-hydroxylation sites is 1. The highest BCUT2D eigenvalue weighted by atomic mass is 32.1. The largest absolute Gasteiger partial charge is 0.332 e. The molecule has 2 aromatic heterocycles. The van der Waals surface area contributed by atoms with Crippen LogP contribution in [0.4, 0.5) is 0 Å². The first-order chi connectivity index (χ1) is 14.1. The van der Waals surface area contributed by atoms with Crippen molar-refractivity contribution in [3.63, 3.8) is 0 Å². The zero-order valence-corrected chi connectivity index (χ0v) is 16.5. The molecule has 0 saturated heterocycles. The van der Waals surface area contributed by atoms with Crippen molar-refractivity contribution in [2.75, 3.05) is 0 Å². The van der Waals surface area contributed by atoms with Gasteiger partial charge in [0.2, 0.25) is 5.91 Å². The van der Waals surface area contributed by atoms with E-state index in [0.717, 1.165) is 11.9 Å². The summed E-state index contributed by atoms with van der Waals surface area (Å²) in [6.07, 6.45) is 3.86. The molecule has 0 aliphatic heterocycles. The van der Waals surface area contributed by atoms with Crippen molar-refractivity contribution in [1.29, 1.82) is 0 Å². The van der Waals surface area contributed by atoms with Gasteiger partial charge in [0, 0.05) is 19.2 Å². The van der Waals surface area contributed by atoms with E-state index in [1.165, 1.54) is 6.20 Å². The van der Waals surface area contributed by atoms with Crippen LogP contribution in [0.5, 0.6) is 0 Å². The average Bonchev–Trinajstić information content (AvgIpc) is 2.74. The molecule has 1 aromatic carbocycles. The number of pyridine rings is 1. The fourth-order valence-corrected chi connectivity index (χ4v) is 3.17.